The van der Waals surface area contributed by atoms with Crippen molar-refractivity contribution >= 4 is 54.2 Å². The minimum Gasteiger partial charge on any atom is -0.368 e. The highest BCUT2D eigenvalue weighted by Crippen LogP contribution is 2.44. The number of thiophene rings is 1. The van der Waals surface area contributed by atoms with Crippen LogP contribution in [0.3, 0.4) is 0 Å². The number of nitrogens with zero attached hydrogens (tertiary/aromatic N) is 8. The van der Waals surface area contributed by atoms with Crippen LogP contribution in [0.5, 0.6) is 0 Å². The maximum atomic E-state index is 13.1. The van der Waals surface area contributed by atoms with Crippen molar-refractivity contribution in [2.24, 2.45) is 5.41 Å². The molecule has 3 aliphatic rings. The Labute approximate surface area is 300 Å². The number of benzene rings is 1. The predicted molar refractivity (Wildman–Crippen MR) is 194 cm³/mol. The normalized spacial score (nSPS) is 21.8. The molecule has 3 fully saturated rings. The Bertz CT molecular complexity index is 2100. The Balaban J connectivity index is 1.03. The molecule has 2 atom stereocenters. The lowest BCUT2D eigenvalue weighted by atomic mass is 9.86. The fourth-order valence-electron chi connectivity index (χ4n) is 8.32. The third-order valence-corrected chi connectivity index (χ3v) is 14.1. The first-order valence-electron chi connectivity index (χ1n) is 17.5. The largest absolute Gasteiger partial charge is 0.393 e. The van der Waals surface area contributed by atoms with Crippen molar-refractivity contribution in [3.05, 3.63) is 46.0 Å². The van der Waals surface area contributed by atoms with Gasteiger partial charge in [0, 0.05) is 86.1 Å². The molecule has 51 heavy (non-hydrogen) atoms. The van der Waals surface area contributed by atoms with Gasteiger partial charge < -0.3 is 15.2 Å². The summed E-state index contributed by atoms with van der Waals surface area (Å²) in [6.07, 6.45) is -3.31. The van der Waals surface area contributed by atoms with Crippen LogP contribution in [-0.2, 0) is 29.5 Å². The molecule has 4 aromatic rings. The fourth-order valence-corrected chi connectivity index (χ4v) is 10.5. The van der Waals surface area contributed by atoms with Crippen molar-refractivity contribution in [3.8, 4) is 6.07 Å². The number of fused-ring (bicyclic) bond motifs is 2. The molecule has 0 radical (unpaired) electrons. The van der Waals surface area contributed by atoms with Crippen LogP contribution in [0.25, 0.3) is 21.1 Å². The van der Waals surface area contributed by atoms with Crippen LogP contribution in [0.4, 0.5) is 24.9 Å². The van der Waals surface area contributed by atoms with E-state index in [2.05, 4.69) is 61.3 Å². The van der Waals surface area contributed by atoms with Crippen molar-refractivity contribution in [1.29, 1.82) is 5.26 Å². The number of likely N-dealkylation sites (tertiary alicyclic amines) is 1. The van der Waals surface area contributed by atoms with E-state index >= 15 is 0 Å². The summed E-state index contributed by atoms with van der Waals surface area (Å²) in [4.78, 5) is 16.4. The molecule has 274 valence electrons. The maximum Gasteiger partial charge on any atom is 0.393 e. The van der Waals surface area contributed by atoms with E-state index in [9.17, 15) is 26.9 Å². The summed E-state index contributed by atoms with van der Waals surface area (Å²) in [6, 6.07) is 10.4. The number of alkyl halides is 3. The number of sulfonamides is 1. The van der Waals surface area contributed by atoms with Gasteiger partial charge in [-0.25, -0.2) is 13.4 Å². The summed E-state index contributed by atoms with van der Waals surface area (Å²) in [5, 5.41) is 11.8. The van der Waals surface area contributed by atoms with E-state index in [0.717, 1.165) is 73.4 Å². The van der Waals surface area contributed by atoms with Gasteiger partial charge in [0.1, 0.15) is 22.4 Å². The zero-order valence-electron chi connectivity index (χ0n) is 29.2. The van der Waals surface area contributed by atoms with Gasteiger partial charge in [-0.2, -0.15) is 27.7 Å². The molecule has 0 bridgehead atoms. The van der Waals surface area contributed by atoms with Crippen LogP contribution in [0, 0.1) is 23.7 Å². The molecule has 3 aliphatic heterocycles. The SMILES string of the molecule is CCS(=O)(=O)N1CCN([C@@H](C)Cn2c(C#N)cc3c(C)c(CN4CCC5(CCN(c6nc(N)nc7sc(CC(F)(F)F)cc67)C5)C4)ccc32)CC1. The lowest BCUT2D eigenvalue weighted by Gasteiger charge is -2.37. The molecule has 16 heteroatoms. The molecule has 6 heterocycles. The third-order valence-electron chi connectivity index (χ3n) is 11.1. The third kappa shape index (κ3) is 7.15. The van der Waals surface area contributed by atoms with Gasteiger partial charge >= 0.3 is 6.18 Å². The van der Waals surface area contributed by atoms with E-state index in [4.69, 9.17) is 5.73 Å². The van der Waals surface area contributed by atoms with Crippen LogP contribution < -0.4 is 10.6 Å². The first-order valence-corrected chi connectivity index (χ1v) is 19.9. The number of hydrogen-bond donors (Lipinski definition) is 1. The van der Waals surface area contributed by atoms with Gasteiger partial charge in [-0.3, -0.25) is 9.80 Å². The lowest BCUT2D eigenvalue weighted by molar-refractivity contribution is -0.126. The van der Waals surface area contributed by atoms with E-state index < -0.39 is 22.6 Å². The molecule has 0 saturated carbocycles. The number of hydrogen-bond acceptors (Lipinski definition) is 10. The maximum absolute atomic E-state index is 13.1. The van der Waals surface area contributed by atoms with Gasteiger partial charge in [0.05, 0.1) is 17.6 Å². The summed E-state index contributed by atoms with van der Waals surface area (Å²) < 4.78 is 67.7. The second kappa shape index (κ2) is 13.5. The standard InChI is InChI=1S/C35H44F3N9O2S2/c1-4-51(48,49)46-13-11-44(12-14-46)23(2)19-47-26(18-39)15-28-24(3)25(5-6-30(28)47)20-43-9-7-34(21-43)8-10-45(22-34)31-29-16-27(17-35(36,37)38)50-32(29)42-33(40)41-31/h5-6,15-16,23H,4,7-14,17,19-22H2,1-3H3,(H2,40,41,42)/t23-,34?/m0/s1. The van der Waals surface area contributed by atoms with Crippen LogP contribution >= 0.6 is 11.3 Å². The molecule has 3 aromatic heterocycles. The summed E-state index contributed by atoms with van der Waals surface area (Å²) in [6.45, 7) is 13.0. The smallest absolute Gasteiger partial charge is 0.368 e. The predicted octanol–water partition coefficient (Wildman–Crippen LogP) is 4.97. The zero-order chi connectivity index (χ0) is 36.3. The lowest BCUT2D eigenvalue weighted by Crippen LogP contribution is -2.52. The molecule has 7 rings (SSSR count). The van der Waals surface area contributed by atoms with Crippen molar-refractivity contribution < 1.29 is 21.6 Å². The van der Waals surface area contributed by atoms with Crippen LogP contribution in [0.1, 0.15) is 48.4 Å². The molecule has 2 N–H and O–H groups in total. The Kier molecular flexibility index (Phi) is 9.49. The van der Waals surface area contributed by atoms with Gasteiger partial charge in [-0.15, -0.1) is 11.3 Å². The molecule has 1 unspecified atom stereocenters. The average molecular weight is 744 g/mol. The highest BCUT2D eigenvalue weighted by molar-refractivity contribution is 7.89. The number of piperazine rings is 1. The molecule has 0 aliphatic carbocycles. The zero-order valence-corrected chi connectivity index (χ0v) is 30.8. The summed E-state index contributed by atoms with van der Waals surface area (Å²) in [7, 11) is -3.20. The minimum atomic E-state index is -4.30. The van der Waals surface area contributed by atoms with E-state index in [1.807, 2.05) is 6.07 Å². The summed E-state index contributed by atoms with van der Waals surface area (Å²) in [5.74, 6) is 0.807. The van der Waals surface area contributed by atoms with E-state index in [1.165, 1.54) is 5.56 Å². The van der Waals surface area contributed by atoms with Crippen molar-refractivity contribution in [2.75, 3.05) is 68.7 Å². The molecular weight excluding hydrogens is 700 g/mol. The van der Waals surface area contributed by atoms with Gasteiger partial charge in [0.15, 0.2) is 0 Å². The van der Waals surface area contributed by atoms with Crippen molar-refractivity contribution in [3.63, 3.8) is 0 Å². The van der Waals surface area contributed by atoms with Crippen molar-refractivity contribution in [2.45, 2.75) is 65.3 Å². The molecule has 3 saturated heterocycles. The van der Waals surface area contributed by atoms with E-state index in [-0.39, 0.29) is 28.0 Å². The molecular formula is C35H44F3N9O2S2. The molecule has 0 amide bonds. The minimum absolute atomic E-state index is 0.0501. The monoisotopic (exact) mass is 743 g/mol. The fraction of sp³-hybridized carbons (Fsp3) is 0.571. The van der Waals surface area contributed by atoms with Gasteiger partial charge in [0.2, 0.25) is 16.0 Å². The molecule has 1 spiro atoms. The average Bonchev–Trinajstić information content (AvgIpc) is 3.87. The number of anilines is 2. The second-order valence-electron chi connectivity index (χ2n) is 14.5. The quantitative estimate of drug-likeness (QED) is 0.253. The highest BCUT2D eigenvalue weighted by atomic mass is 32.2. The van der Waals surface area contributed by atoms with Gasteiger partial charge in [-0.1, -0.05) is 6.07 Å². The first kappa shape index (κ1) is 35.9. The van der Waals surface area contributed by atoms with Crippen LogP contribution in [-0.4, -0.2) is 107 Å². The number of halogens is 3. The Hall–Kier alpha value is -3.49. The van der Waals surface area contributed by atoms with Gasteiger partial charge in [-0.05, 0) is 69.5 Å². The topological polar surface area (TPSA) is 128 Å². The van der Waals surface area contributed by atoms with Gasteiger partial charge in [0.25, 0.3) is 0 Å². The van der Waals surface area contributed by atoms with E-state index in [1.54, 1.807) is 17.3 Å². The number of aryl methyl sites for hydroxylation is 1. The first-order chi connectivity index (χ1) is 24.2. The Morgan fingerprint density at radius 3 is 2.51 bits per heavy atom. The Morgan fingerprint density at radius 2 is 1.80 bits per heavy atom. The molecule has 11 nitrogen and oxygen atoms in total. The number of nitrogens with two attached hydrogens (primary N) is 1. The molecule has 1 aromatic carbocycles. The Morgan fingerprint density at radius 1 is 1.06 bits per heavy atom. The number of nitrogen functional groups attached to an aromatic ring is 1. The summed E-state index contributed by atoms with van der Waals surface area (Å²) in [5.41, 5.74) is 10.1. The highest BCUT2D eigenvalue weighted by Gasteiger charge is 2.44. The van der Waals surface area contributed by atoms with Crippen LogP contribution in [0.15, 0.2) is 24.3 Å². The van der Waals surface area contributed by atoms with E-state index in [0.29, 0.717) is 54.5 Å². The number of nitriles is 1. The van der Waals surface area contributed by atoms with Crippen molar-refractivity contribution in [1.82, 2.24) is 28.6 Å². The van der Waals surface area contributed by atoms with Crippen LogP contribution in [0.2, 0.25) is 0 Å². The second-order valence-corrected chi connectivity index (χ2v) is 17.9. The number of rotatable bonds is 9. The summed E-state index contributed by atoms with van der Waals surface area (Å²) >= 11 is 1.03. The number of aromatic nitrogens is 3.